The van der Waals surface area contributed by atoms with Crippen molar-refractivity contribution in [2.45, 2.75) is 27.2 Å². The number of allylic oxidation sites excluding steroid dienone is 1. The SMILES string of the molecule is COc1ccc(C(=O)/C=C/c2cc(C)c(C)cc2C)cc1CC(=O)O. The van der Waals surface area contributed by atoms with Gasteiger partial charge in [-0.3, -0.25) is 9.59 Å². The minimum atomic E-state index is -0.968. The fourth-order valence-electron chi connectivity index (χ4n) is 2.66. The van der Waals surface area contributed by atoms with E-state index in [0.29, 0.717) is 16.9 Å². The Balaban J connectivity index is 2.29. The van der Waals surface area contributed by atoms with Gasteiger partial charge >= 0.3 is 5.97 Å². The summed E-state index contributed by atoms with van der Waals surface area (Å²) in [7, 11) is 1.48. The predicted octanol–water partition coefficient (Wildman–Crippen LogP) is 4.14. The van der Waals surface area contributed by atoms with Gasteiger partial charge in [-0.1, -0.05) is 18.2 Å². The average Bonchev–Trinajstić information content (AvgIpc) is 2.56. The molecule has 0 aliphatic rings. The second-order valence-corrected chi connectivity index (χ2v) is 6.09. The van der Waals surface area contributed by atoms with Crippen molar-refractivity contribution in [3.63, 3.8) is 0 Å². The largest absolute Gasteiger partial charge is 0.496 e. The van der Waals surface area contributed by atoms with Crippen molar-refractivity contribution in [1.29, 1.82) is 0 Å². The molecule has 0 amide bonds. The molecule has 4 heteroatoms. The third kappa shape index (κ3) is 4.57. The summed E-state index contributed by atoms with van der Waals surface area (Å²) < 4.78 is 5.16. The highest BCUT2D eigenvalue weighted by molar-refractivity contribution is 6.07. The van der Waals surface area contributed by atoms with Gasteiger partial charge in [0.25, 0.3) is 0 Å². The number of carboxylic acids is 1. The number of hydrogen-bond acceptors (Lipinski definition) is 3. The van der Waals surface area contributed by atoms with E-state index in [-0.39, 0.29) is 12.2 Å². The summed E-state index contributed by atoms with van der Waals surface area (Å²) in [6.07, 6.45) is 3.12. The zero-order valence-electron chi connectivity index (χ0n) is 14.9. The van der Waals surface area contributed by atoms with Crippen molar-refractivity contribution in [3.8, 4) is 5.75 Å². The molecule has 2 aromatic carbocycles. The quantitative estimate of drug-likeness (QED) is 0.635. The van der Waals surface area contributed by atoms with Crippen molar-refractivity contribution in [2.24, 2.45) is 0 Å². The van der Waals surface area contributed by atoms with Crippen molar-refractivity contribution in [1.82, 2.24) is 0 Å². The number of hydrogen-bond donors (Lipinski definition) is 1. The number of ketones is 1. The van der Waals surface area contributed by atoms with E-state index in [1.807, 2.05) is 13.8 Å². The van der Waals surface area contributed by atoms with Crippen LogP contribution in [0.1, 0.15) is 38.2 Å². The van der Waals surface area contributed by atoms with E-state index in [9.17, 15) is 9.59 Å². The number of aliphatic carboxylic acids is 1. The summed E-state index contributed by atoms with van der Waals surface area (Å²) in [5, 5.41) is 8.99. The lowest BCUT2D eigenvalue weighted by molar-refractivity contribution is -0.136. The molecule has 0 radical (unpaired) electrons. The second-order valence-electron chi connectivity index (χ2n) is 6.09. The highest BCUT2D eigenvalue weighted by Crippen LogP contribution is 2.22. The number of benzene rings is 2. The van der Waals surface area contributed by atoms with Crippen molar-refractivity contribution in [3.05, 3.63) is 69.8 Å². The van der Waals surface area contributed by atoms with Gasteiger partial charge in [0.15, 0.2) is 5.78 Å². The molecule has 1 N–H and O–H groups in total. The standard InChI is InChI=1S/C21H22O4/c1-13-9-15(3)16(10-14(13)2)5-7-19(22)17-6-8-20(25-4)18(11-17)12-21(23)24/h5-11H,12H2,1-4H3,(H,23,24)/b7-5+. The van der Waals surface area contributed by atoms with Gasteiger partial charge in [0.1, 0.15) is 5.75 Å². The first-order valence-corrected chi connectivity index (χ1v) is 8.00. The van der Waals surface area contributed by atoms with Crippen LogP contribution in [0.2, 0.25) is 0 Å². The Labute approximate surface area is 147 Å². The summed E-state index contributed by atoms with van der Waals surface area (Å²) in [6, 6.07) is 8.99. The maximum Gasteiger partial charge on any atom is 0.307 e. The highest BCUT2D eigenvalue weighted by atomic mass is 16.5. The van der Waals surface area contributed by atoms with Crippen LogP contribution >= 0.6 is 0 Å². The van der Waals surface area contributed by atoms with Gasteiger partial charge in [-0.15, -0.1) is 0 Å². The van der Waals surface area contributed by atoms with Gasteiger partial charge in [0, 0.05) is 11.1 Å². The molecule has 2 rings (SSSR count). The molecule has 0 aliphatic carbocycles. The van der Waals surface area contributed by atoms with Crippen LogP contribution in [0.15, 0.2) is 36.4 Å². The molecule has 0 unspecified atom stereocenters. The number of carbonyl (C=O) groups is 2. The van der Waals surface area contributed by atoms with Gasteiger partial charge < -0.3 is 9.84 Å². The zero-order valence-corrected chi connectivity index (χ0v) is 14.9. The van der Waals surface area contributed by atoms with E-state index in [0.717, 1.165) is 11.1 Å². The molecule has 130 valence electrons. The minimum absolute atomic E-state index is 0.174. The monoisotopic (exact) mass is 338 g/mol. The lowest BCUT2D eigenvalue weighted by Gasteiger charge is -2.08. The topological polar surface area (TPSA) is 63.6 Å². The Morgan fingerprint density at radius 3 is 2.36 bits per heavy atom. The first kappa shape index (κ1) is 18.5. The molecule has 25 heavy (non-hydrogen) atoms. The van der Waals surface area contributed by atoms with Gasteiger partial charge in [0.2, 0.25) is 0 Å². The van der Waals surface area contributed by atoms with Crippen LogP contribution in [0.5, 0.6) is 5.75 Å². The number of aryl methyl sites for hydroxylation is 3. The molecule has 0 aliphatic heterocycles. The maximum absolute atomic E-state index is 12.4. The minimum Gasteiger partial charge on any atom is -0.496 e. The van der Waals surface area contributed by atoms with Gasteiger partial charge in [0.05, 0.1) is 13.5 Å². The van der Waals surface area contributed by atoms with Crippen molar-refractivity contribution in [2.75, 3.05) is 7.11 Å². The Morgan fingerprint density at radius 2 is 1.72 bits per heavy atom. The predicted molar refractivity (Wildman–Crippen MR) is 98.4 cm³/mol. The van der Waals surface area contributed by atoms with Crippen LogP contribution in [-0.2, 0) is 11.2 Å². The van der Waals surface area contributed by atoms with Crippen LogP contribution in [0.3, 0.4) is 0 Å². The fraction of sp³-hybridized carbons (Fsp3) is 0.238. The smallest absolute Gasteiger partial charge is 0.307 e. The first-order chi connectivity index (χ1) is 11.8. The number of rotatable bonds is 6. The molecule has 4 nitrogen and oxygen atoms in total. The van der Waals surface area contributed by atoms with Gasteiger partial charge in [-0.2, -0.15) is 0 Å². The number of methoxy groups -OCH3 is 1. The van der Waals surface area contributed by atoms with Crippen molar-refractivity contribution >= 4 is 17.8 Å². The van der Waals surface area contributed by atoms with Crippen molar-refractivity contribution < 1.29 is 19.4 Å². The lowest BCUT2D eigenvalue weighted by atomic mass is 9.99. The number of carbonyl (C=O) groups excluding carboxylic acids is 1. The molecule has 0 heterocycles. The summed E-state index contributed by atoms with van der Waals surface area (Å²) in [5.74, 6) is -0.677. The molecular formula is C21H22O4. The molecular weight excluding hydrogens is 316 g/mol. The average molecular weight is 338 g/mol. The zero-order chi connectivity index (χ0) is 18.6. The third-order valence-corrected chi connectivity index (χ3v) is 4.20. The second kappa shape index (κ2) is 7.79. The van der Waals surface area contributed by atoms with E-state index in [4.69, 9.17) is 9.84 Å². The highest BCUT2D eigenvalue weighted by Gasteiger charge is 2.11. The number of ether oxygens (including phenoxy) is 1. The van der Waals surface area contributed by atoms with Gasteiger partial charge in [-0.25, -0.2) is 0 Å². The first-order valence-electron chi connectivity index (χ1n) is 8.00. The van der Waals surface area contributed by atoms with E-state index in [1.54, 1.807) is 24.3 Å². The van der Waals surface area contributed by atoms with E-state index in [2.05, 4.69) is 19.1 Å². The summed E-state index contributed by atoms with van der Waals surface area (Å²) in [6.45, 7) is 6.10. The molecule has 0 saturated carbocycles. The Kier molecular flexibility index (Phi) is 5.75. The molecule has 0 saturated heterocycles. The van der Waals surface area contributed by atoms with E-state index < -0.39 is 5.97 Å². The van der Waals surface area contributed by atoms with Gasteiger partial charge in [-0.05, 0) is 67.3 Å². The van der Waals surface area contributed by atoms with Crippen LogP contribution < -0.4 is 4.74 Å². The Hall–Kier alpha value is -2.88. The van der Waals surface area contributed by atoms with E-state index >= 15 is 0 Å². The molecule has 0 bridgehead atoms. The normalized spacial score (nSPS) is 10.9. The molecule has 0 fully saturated rings. The molecule has 0 aromatic heterocycles. The van der Waals surface area contributed by atoms with Crippen LogP contribution in [0.25, 0.3) is 6.08 Å². The van der Waals surface area contributed by atoms with Crippen LogP contribution in [-0.4, -0.2) is 24.0 Å². The summed E-state index contributed by atoms with van der Waals surface area (Å²) in [4.78, 5) is 23.4. The molecule has 2 aromatic rings. The summed E-state index contributed by atoms with van der Waals surface area (Å²) >= 11 is 0. The van der Waals surface area contributed by atoms with Crippen LogP contribution in [0, 0.1) is 20.8 Å². The van der Waals surface area contributed by atoms with E-state index in [1.165, 1.54) is 24.3 Å². The summed E-state index contributed by atoms with van der Waals surface area (Å²) in [5.41, 5.74) is 5.41. The van der Waals surface area contributed by atoms with Crippen LogP contribution in [0.4, 0.5) is 0 Å². The maximum atomic E-state index is 12.4. The Bertz CT molecular complexity index is 847. The number of carboxylic acid groups (broad SMARTS) is 1. The fourth-order valence-corrected chi connectivity index (χ4v) is 2.66. The Morgan fingerprint density at radius 1 is 1.04 bits per heavy atom. The third-order valence-electron chi connectivity index (χ3n) is 4.20. The molecule has 0 atom stereocenters. The molecule has 0 spiro atoms. The lowest BCUT2D eigenvalue weighted by Crippen LogP contribution is -2.04.